The summed E-state index contributed by atoms with van der Waals surface area (Å²) in [6.45, 7) is 0. The molecule has 0 saturated carbocycles. The van der Waals surface area contributed by atoms with E-state index >= 15 is 0 Å². The van der Waals surface area contributed by atoms with Crippen LogP contribution in [0.25, 0.3) is 0 Å². The number of carbonyl (C=O) groups excluding carboxylic acids is 1. The van der Waals surface area contributed by atoms with E-state index in [-0.39, 0.29) is 11.3 Å². The van der Waals surface area contributed by atoms with Crippen molar-refractivity contribution in [3.63, 3.8) is 0 Å². The normalized spacial score (nSPS) is 9.30. The zero-order chi connectivity index (χ0) is 7.56. The molecule has 52 valence electrons. The fourth-order valence-electron chi connectivity index (χ4n) is 0.454. The van der Waals surface area contributed by atoms with E-state index in [1.807, 2.05) is 0 Å². The van der Waals surface area contributed by atoms with Crippen LogP contribution in [0.1, 0.15) is 10.5 Å². The van der Waals surface area contributed by atoms with Crippen LogP contribution in [0.3, 0.4) is 0 Å². The summed E-state index contributed by atoms with van der Waals surface area (Å²) in [5.41, 5.74) is -0.317. The van der Waals surface area contributed by atoms with Gasteiger partial charge >= 0.3 is 0 Å². The molecule has 1 N–H and O–H groups in total. The van der Waals surface area contributed by atoms with Crippen molar-refractivity contribution < 1.29 is 4.79 Å². The van der Waals surface area contributed by atoms with Gasteiger partial charge in [0.2, 0.25) is 0 Å². The molecule has 4 nitrogen and oxygen atoms in total. The molecule has 0 bridgehead atoms. The van der Waals surface area contributed by atoms with Crippen LogP contribution in [-0.2, 0) is 0 Å². The Balaban J connectivity index is 3.12. The molecule has 0 amide bonds. The first kappa shape index (κ1) is 6.95. The van der Waals surface area contributed by atoms with Crippen LogP contribution in [-0.4, -0.2) is 15.4 Å². The number of rotatable bonds is 1. The van der Waals surface area contributed by atoms with E-state index in [0.29, 0.717) is 0 Å². The molecule has 1 aromatic heterocycles. The van der Waals surface area contributed by atoms with Crippen LogP contribution in [0, 0.1) is 0 Å². The minimum atomic E-state index is -0.684. The molecule has 0 fully saturated rings. The lowest BCUT2D eigenvalue weighted by Gasteiger charge is -1.86. The van der Waals surface area contributed by atoms with Crippen molar-refractivity contribution in [2.24, 2.45) is 0 Å². The minimum absolute atomic E-state index is 0.0428. The summed E-state index contributed by atoms with van der Waals surface area (Å²) in [4.78, 5) is 20.7. The third kappa shape index (κ3) is 1.41. The quantitative estimate of drug-likeness (QED) is 0.592. The van der Waals surface area contributed by atoms with Gasteiger partial charge in [0.05, 0.1) is 0 Å². The van der Waals surface area contributed by atoms with Gasteiger partial charge in [-0.3, -0.25) is 9.59 Å². The number of aromatic nitrogens is 2. The second-order valence-electron chi connectivity index (χ2n) is 1.58. The molecule has 0 aliphatic rings. The van der Waals surface area contributed by atoms with Gasteiger partial charge in [0.25, 0.3) is 10.8 Å². The predicted molar refractivity (Wildman–Crippen MR) is 35.0 cm³/mol. The van der Waals surface area contributed by atoms with Crippen LogP contribution in [0.5, 0.6) is 0 Å². The SMILES string of the molecule is O=C(Cl)c1ccc(=O)[nH]n1. The number of halogens is 1. The van der Waals surface area contributed by atoms with Crippen LogP contribution in [0.4, 0.5) is 0 Å². The van der Waals surface area contributed by atoms with E-state index in [2.05, 4.69) is 10.2 Å². The topological polar surface area (TPSA) is 62.8 Å². The summed E-state index contributed by atoms with van der Waals surface area (Å²) in [7, 11) is 0. The molecule has 0 unspecified atom stereocenters. The third-order valence-electron chi connectivity index (χ3n) is 0.881. The molecule has 0 spiro atoms. The van der Waals surface area contributed by atoms with Gasteiger partial charge in [-0.1, -0.05) is 0 Å². The lowest BCUT2D eigenvalue weighted by molar-refractivity contribution is 0.107. The molecule has 0 radical (unpaired) electrons. The van der Waals surface area contributed by atoms with Crippen LogP contribution >= 0.6 is 11.6 Å². The molecular weight excluding hydrogens is 156 g/mol. The first-order valence-corrected chi connectivity index (χ1v) is 2.83. The van der Waals surface area contributed by atoms with Gasteiger partial charge in [0, 0.05) is 6.07 Å². The van der Waals surface area contributed by atoms with E-state index in [9.17, 15) is 9.59 Å². The van der Waals surface area contributed by atoms with E-state index in [1.165, 1.54) is 12.1 Å². The standard InChI is InChI=1S/C5H3ClN2O2/c6-5(10)3-1-2-4(9)8-7-3/h1-2H,(H,8,9). The zero-order valence-electron chi connectivity index (χ0n) is 4.80. The van der Waals surface area contributed by atoms with Gasteiger partial charge in [-0.15, -0.1) is 0 Å². The Morgan fingerprint density at radius 2 is 2.30 bits per heavy atom. The van der Waals surface area contributed by atoms with Crippen molar-refractivity contribution in [2.45, 2.75) is 0 Å². The second kappa shape index (κ2) is 2.62. The maximum atomic E-state index is 10.4. The highest BCUT2D eigenvalue weighted by atomic mass is 35.5. The Kier molecular flexibility index (Phi) is 1.82. The smallest absolute Gasteiger partial charge is 0.272 e. The molecule has 0 aliphatic carbocycles. The molecule has 5 heteroatoms. The largest absolute Gasteiger partial charge is 0.274 e. The fourth-order valence-corrected chi connectivity index (χ4v) is 0.559. The lowest BCUT2D eigenvalue weighted by Crippen LogP contribution is -2.08. The van der Waals surface area contributed by atoms with Gasteiger partial charge in [-0.05, 0) is 17.7 Å². The number of H-pyrrole nitrogens is 1. The fraction of sp³-hybridized carbons (Fsp3) is 0. The molecule has 0 aliphatic heterocycles. The van der Waals surface area contributed by atoms with E-state index < -0.39 is 5.24 Å². The van der Waals surface area contributed by atoms with Crippen molar-refractivity contribution in [3.05, 3.63) is 28.2 Å². The van der Waals surface area contributed by atoms with E-state index in [0.717, 1.165) is 0 Å². The first-order valence-electron chi connectivity index (χ1n) is 2.46. The van der Waals surface area contributed by atoms with Crippen molar-refractivity contribution in [3.8, 4) is 0 Å². The number of aromatic amines is 1. The highest BCUT2D eigenvalue weighted by molar-refractivity contribution is 6.67. The number of hydrogen-bond acceptors (Lipinski definition) is 3. The Morgan fingerprint density at radius 3 is 2.70 bits per heavy atom. The summed E-state index contributed by atoms with van der Waals surface area (Å²) < 4.78 is 0. The van der Waals surface area contributed by atoms with Gasteiger partial charge in [-0.2, -0.15) is 5.10 Å². The Bertz CT molecular complexity index is 286. The Labute approximate surface area is 60.8 Å². The predicted octanol–water partition coefficient (Wildman–Crippen LogP) is 0.149. The highest BCUT2D eigenvalue weighted by Gasteiger charge is 2.00. The van der Waals surface area contributed by atoms with Gasteiger partial charge in [-0.25, -0.2) is 5.10 Å². The number of nitrogens with one attached hydrogen (secondary N) is 1. The van der Waals surface area contributed by atoms with E-state index in [1.54, 1.807) is 0 Å². The minimum Gasteiger partial charge on any atom is -0.274 e. The zero-order valence-corrected chi connectivity index (χ0v) is 5.55. The molecule has 10 heavy (non-hydrogen) atoms. The highest BCUT2D eigenvalue weighted by Crippen LogP contribution is 1.93. The molecule has 1 heterocycles. The molecule has 1 rings (SSSR count). The maximum absolute atomic E-state index is 10.4. The lowest BCUT2D eigenvalue weighted by atomic mass is 10.4. The van der Waals surface area contributed by atoms with Crippen LogP contribution in [0.2, 0.25) is 0 Å². The van der Waals surface area contributed by atoms with Crippen LogP contribution < -0.4 is 5.56 Å². The molecule has 0 atom stereocenters. The summed E-state index contributed by atoms with van der Waals surface area (Å²) >= 11 is 5.03. The summed E-state index contributed by atoms with van der Waals surface area (Å²) in [5, 5.41) is 4.75. The van der Waals surface area contributed by atoms with E-state index in [4.69, 9.17) is 11.6 Å². The monoisotopic (exact) mass is 158 g/mol. The number of hydrogen-bond donors (Lipinski definition) is 1. The maximum Gasteiger partial charge on any atom is 0.272 e. The van der Waals surface area contributed by atoms with Crippen molar-refractivity contribution in [2.75, 3.05) is 0 Å². The average molecular weight is 159 g/mol. The third-order valence-corrected chi connectivity index (χ3v) is 1.07. The number of nitrogens with zero attached hydrogens (tertiary/aromatic N) is 1. The molecule has 0 saturated heterocycles. The van der Waals surface area contributed by atoms with Crippen LogP contribution in [0.15, 0.2) is 16.9 Å². The summed E-state index contributed by atoms with van der Waals surface area (Å²) in [5.74, 6) is 0. The van der Waals surface area contributed by atoms with Gasteiger partial charge in [0.1, 0.15) is 5.69 Å². The van der Waals surface area contributed by atoms with Gasteiger partial charge in [0.15, 0.2) is 0 Å². The van der Waals surface area contributed by atoms with Gasteiger partial charge < -0.3 is 0 Å². The molecular formula is C5H3ClN2O2. The first-order chi connectivity index (χ1) is 4.70. The summed E-state index contributed by atoms with van der Waals surface area (Å²) in [6, 6.07) is 2.44. The summed E-state index contributed by atoms with van der Waals surface area (Å²) in [6.07, 6.45) is 0. The van der Waals surface area contributed by atoms with Crippen molar-refractivity contribution in [1.29, 1.82) is 0 Å². The Morgan fingerprint density at radius 1 is 1.60 bits per heavy atom. The van der Waals surface area contributed by atoms with Crippen molar-refractivity contribution >= 4 is 16.8 Å². The molecule has 0 aromatic carbocycles. The Hall–Kier alpha value is -1.16. The molecule has 1 aromatic rings. The second-order valence-corrected chi connectivity index (χ2v) is 1.92. The van der Waals surface area contributed by atoms with Crippen molar-refractivity contribution in [1.82, 2.24) is 10.2 Å². The number of carbonyl (C=O) groups is 1. The average Bonchev–Trinajstić information content (AvgIpc) is 1.88.